The lowest BCUT2D eigenvalue weighted by Gasteiger charge is -2.25. The molecule has 0 atom stereocenters. The van der Waals surface area contributed by atoms with E-state index < -0.39 is 0 Å². The zero-order valence-corrected chi connectivity index (χ0v) is 11.8. The van der Waals surface area contributed by atoms with Gasteiger partial charge in [-0.3, -0.25) is 14.8 Å². The molecular formula is C15H16ClN3O. The smallest absolute Gasteiger partial charge is 0.251 e. The summed E-state index contributed by atoms with van der Waals surface area (Å²) in [5.74, 6) is -0.0458. The molecule has 5 heteroatoms. The normalized spacial score (nSPS) is 22.6. The Morgan fingerprint density at radius 3 is 2.55 bits per heavy atom. The van der Waals surface area contributed by atoms with E-state index in [1.165, 1.54) is 0 Å². The Labute approximate surface area is 122 Å². The molecule has 0 aliphatic heterocycles. The summed E-state index contributed by atoms with van der Waals surface area (Å²) in [6.45, 7) is 0. The van der Waals surface area contributed by atoms with Crippen LogP contribution < -0.4 is 5.32 Å². The number of nitrogens with zero attached hydrogens (tertiary/aromatic N) is 2. The van der Waals surface area contributed by atoms with Crippen molar-refractivity contribution in [2.24, 2.45) is 0 Å². The molecule has 1 heterocycles. The van der Waals surface area contributed by atoms with Crippen molar-refractivity contribution < 1.29 is 4.79 Å². The molecular weight excluding hydrogens is 274 g/mol. The number of aromatic nitrogens is 2. The summed E-state index contributed by atoms with van der Waals surface area (Å²) in [5.41, 5.74) is 2.17. The molecule has 2 aromatic rings. The van der Waals surface area contributed by atoms with Crippen molar-refractivity contribution in [3.05, 3.63) is 36.2 Å². The van der Waals surface area contributed by atoms with Crippen LogP contribution in [-0.4, -0.2) is 27.3 Å². The average molecular weight is 290 g/mol. The summed E-state index contributed by atoms with van der Waals surface area (Å²) in [7, 11) is 0. The number of amides is 1. The van der Waals surface area contributed by atoms with Gasteiger partial charge >= 0.3 is 0 Å². The van der Waals surface area contributed by atoms with E-state index in [0.717, 1.165) is 36.7 Å². The van der Waals surface area contributed by atoms with Gasteiger partial charge in [-0.2, -0.15) is 0 Å². The minimum atomic E-state index is -0.0458. The molecule has 1 fully saturated rings. The summed E-state index contributed by atoms with van der Waals surface area (Å²) in [5, 5.41) is 3.34. The number of carbonyl (C=O) groups excluding carboxylic acids is 1. The molecule has 1 amide bonds. The molecule has 1 saturated carbocycles. The summed E-state index contributed by atoms with van der Waals surface area (Å²) in [6.07, 6.45) is 7.12. The fourth-order valence-electron chi connectivity index (χ4n) is 2.57. The van der Waals surface area contributed by atoms with Crippen LogP contribution in [0.4, 0.5) is 0 Å². The van der Waals surface area contributed by atoms with Crippen LogP contribution in [0.15, 0.2) is 30.6 Å². The Balaban J connectivity index is 1.72. The van der Waals surface area contributed by atoms with Gasteiger partial charge in [0.25, 0.3) is 5.91 Å². The first-order valence-corrected chi connectivity index (χ1v) is 7.32. The fourth-order valence-corrected chi connectivity index (χ4v) is 2.82. The zero-order valence-electron chi connectivity index (χ0n) is 11.1. The Morgan fingerprint density at radius 1 is 1.10 bits per heavy atom. The van der Waals surface area contributed by atoms with Crippen molar-refractivity contribution in [3.63, 3.8) is 0 Å². The highest BCUT2D eigenvalue weighted by Crippen LogP contribution is 2.23. The number of alkyl halides is 1. The van der Waals surface area contributed by atoms with Crippen molar-refractivity contribution in [1.29, 1.82) is 0 Å². The summed E-state index contributed by atoms with van der Waals surface area (Å²) in [4.78, 5) is 20.7. The van der Waals surface area contributed by atoms with Crippen molar-refractivity contribution in [3.8, 4) is 0 Å². The largest absolute Gasteiger partial charge is 0.349 e. The lowest BCUT2D eigenvalue weighted by molar-refractivity contribution is 0.0928. The molecule has 1 aliphatic rings. The van der Waals surface area contributed by atoms with Gasteiger partial charge < -0.3 is 5.32 Å². The number of fused-ring (bicyclic) bond motifs is 1. The molecule has 1 N–H and O–H groups in total. The van der Waals surface area contributed by atoms with Gasteiger partial charge in [0.1, 0.15) is 0 Å². The summed E-state index contributed by atoms with van der Waals surface area (Å²) < 4.78 is 0. The molecule has 0 spiro atoms. The van der Waals surface area contributed by atoms with Crippen LogP contribution in [-0.2, 0) is 0 Å². The third kappa shape index (κ3) is 2.90. The maximum absolute atomic E-state index is 12.2. The molecule has 0 bridgehead atoms. The quantitative estimate of drug-likeness (QED) is 0.865. The second-order valence-electron chi connectivity index (χ2n) is 5.18. The number of hydrogen-bond acceptors (Lipinski definition) is 3. The lowest BCUT2D eigenvalue weighted by Crippen LogP contribution is -2.37. The van der Waals surface area contributed by atoms with Gasteiger partial charge in [-0.1, -0.05) is 0 Å². The number of halogens is 1. The number of rotatable bonds is 2. The number of hydrogen-bond donors (Lipinski definition) is 1. The van der Waals surface area contributed by atoms with Crippen molar-refractivity contribution in [2.75, 3.05) is 0 Å². The molecule has 1 aromatic heterocycles. The minimum Gasteiger partial charge on any atom is -0.349 e. The molecule has 20 heavy (non-hydrogen) atoms. The molecule has 0 unspecified atom stereocenters. The van der Waals surface area contributed by atoms with Gasteiger partial charge in [0.2, 0.25) is 0 Å². The predicted molar refractivity (Wildman–Crippen MR) is 78.9 cm³/mol. The van der Waals surface area contributed by atoms with E-state index in [4.69, 9.17) is 11.6 Å². The Kier molecular flexibility index (Phi) is 3.83. The van der Waals surface area contributed by atoms with Crippen molar-refractivity contribution in [2.45, 2.75) is 37.1 Å². The van der Waals surface area contributed by atoms with Crippen LogP contribution >= 0.6 is 11.6 Å². The van der Waals surface area contributed by atoms with Crippen LogP contribution in [0.2, 0.25) is 0 Å². The number of benzene rings is 1. The van der Waals surface area contributed by atoms with Crippen LogP contribution in [0, 0.1) is 0 Å². The fraction of sp³-hybridized carbons (Fsp3) is 0.400. The molecule has 1 aromatic carbocycles. The van der Waals surface area contributed by atoms with E-state index in [1.54, 1.807) is 24.5 Å². The molecule has 4 nitrogen and oxygen atoms in total. The molecule has 0 radical (unpaired) electrons. The second-order valence-corrected chi connectivity index (χ2v) is 5.80. The maximum atomic E-state index is 12.2. The van der Waals surface area contributed by atoms with Crippen LogP contribution in [0.3, 0.4) is 0 Å². The molecule has 3 rings (SSSR count). The first kappa shape index (κ1) is 13.3. The van der Waals surface area contributed by atoms with Gasteiger partial charge in [-0.25, -0.2) is 0 Å². The monoisotopic (exact) mass is 289 g/mol. The molecule has 104 valence electrons. The summed E-state index contributed by atoms with van der Waals surface area (Å²) in [6, 6.07) is 5.63. The first-order valence-electron chi connectivity index (χ1n) is 6.88. The standard InChI is InChI=1S/C15H16ClN3O/c16-11-2-4-12(5-3-11)19-15(20)10-1-6-13-14(9-10)18-8-7-17-13/h1,6-9,11-12H,2-5H2,(H,19,20). The van der Waals surface area contributed by atoms with Gasteiger partial charge in [0, 0.05) is 29.4 Å². The summed E-state index contributed by atoms with van der Waals surface area (Å²) >= 11 is 6.07. The van der Waals surface area contributed by atoms with Gasteiger partial charge in [-0.15, -0.1) is 11.6 Å². The van der Waals surface area contributed by atoms with Crippen LogP contribution in [0.5, 0.6) is 0 Å². The zero-order chi connectivity index (χ0) is 13.9. The third-order valence-corrected chi connectivity index (χ3v) is 4.16. The molecule has 0 saturated heterocycles. The topological polar surface area (TPSA) is 54.9 Å². The van der Waals surface area contributed by atoms with Crippen molar-refractivity contribution in [1.82, 2.24) is 15.3 Å². The van der Waals surface area contributed by atoms with Crippen LogP contribution in [0.1, 0.15) is 36.0 Å². The highest BCUT2D eigenvalue weighted by atomic mass is 35.5. The van der Waals surface area contributed by atoms with E-state index in [0.29, 0.717) is 5.56 Å². The van der Waals surface area contributed by atoms with E-state index in [2.05, 4.69) is 15.3 Å². The second kappa shape index (κ2) is 5.75. The Bertz CT molecular complexity index is 623. The van der Waals surface area contributed by atoms with E-state index in [-0.39, 0.29) is 17.3 Å². The van der Waals surface area contributed by atoms with Gasteiger partial charge in [-0.05, 0) is 43.9 Å². The van der Waals surface area contributed by atoms with Gasteiger partial charge in [0.15, 0.2) is 0 Å². The Hall–Kier alpha value is -1.68. The SMILES string of the molecule is O=C(NC1CCC(Cl)CC1)c1ccc2nccnc2c1. The van der Waals surface area contributed by atoms with E-state index in [9.17, 15) is 4.79 Å². The highest BCUT2D eigenvalue weighted by molar-refractivity contribution is 6.20. The number of carbonyl (C=O) groups is 1. The first-order chi connectivity index (χ1) is 9.72. The maximum Gasteiger partial charge on any atom is 0.251 e. The van der Waals surface area contributed by atoms with Crippen molar-refractivity contribution >= 4 is 28.5 Å². The molecule has 1 aliphatic carbocycles. The van der Waals surface area contributed by atoms with Gasteiger partial charge in [0.05, 0.1) is 11.0 Å². The van der Waals surface area contributed by atoms with E-state index in [1.807, 2.05) is 6.07 Å². The van der Waals surface area contributed by atoms with Crippen LogP contribution in [0.25, 0.3) is 11.0 Å². The lowest BCUT2D eigenvalue weighted by atomic mass is 9.95. The minimum absolute atomic E-state index is 0.0458. The predicted octanol–water partition coefficient (Wildman–Crippen LogP) is 2.91. The third-order valence-electron chi connectivity index (χ3n) is 3.72. The highest BCUT2D eigenvalue weighted by Gasteiger charge is 2.21. The number of nitrogens with one attached hydrogen (secondary N) is 1. The van der Waals surface area contributed by atoms with E-state index >= 15 is 0 Å². The Morgan fingerprint density at radius 2 is 1.80 bits per heavy atom. The average Bonchev–Trinajstić information content (AvgIpc) is 2.49.